The second-order valence-electron chi connectivity index (χ2n) is 4.52. The van der Waals surface area contributed by atoms with Crippen molar-refractivity contribution in [3.63, 3.8) is 0 Å². The molecular formula is C14H18FNO3. The van der Waals surface area contributed by atoms with Crippen molar-refractivity contribution in [3.8, 4) is 0 Å². The minimum Gasteiger partial charge on any atom is -0.467 e. The lowest BCUT2D eigenvalue weighted by Gasteiger charge is -2.31. The Morgan fingerprint density at radius 3 is 3.05 bits per heavy atom. The van der Waals surface area contributed by atoms with Crippen LogP contribution in [0.5, 0.6) is 0 Å². The molecule has 19 heavy (non-hydrogen) atoms. The maximum Gasteiger partial charge on any atom is 0.336 e. The number of rotatable bonds is 4. The first kappa shape index (κ1) is 14.0. The number of hydrogen-bond acceptors (Lipinski definition) is 4. The Morgan fingerprint density at radius 2 is 2.32 bits per heavy atom. The van der Waals surface area contributed by atoms with E-state index in [1.165, 1.54) is 13.2 Å². The van der Waals surface area contributed by atoms with Gasteiger partial charge in [-0.25, -0.2) is 9.18 Å². The molecule has 0 radical (unpaired) electrons. The van der Waals surface area contributed by atoms with Gasteiger partial charge in [-0.05, 0) is 18.1 Å². The third kappa shape index (κ3) is 3.75. The number of nitrogens with zero attached hydrogens (tertiary/aromatic N) is 1. The maximum absolute atomic E-state index is 13.5. The maximum atomic E-state index is 13.5. The highest BCUT2D eigenvalue weighted by Gasteiger charge is 2.27. The van der Waals surface area contributed by atoms with E-state index in [0.717, 1.165) is 6.54 Å². The van der Waals surface area contributed by atoms with Gasteiger partial charge >= 0.3 is 5.97 Å². The van der Waals surface area contributed by atoms with Crippen LogP contribution < -0.4 is 0 Å². The van der Waals surface area contributed by atoms with Crippen molar-refractivity contribution in [1.29, 1.82) is 0 Å². The van der Waals surface area contributed by atoms with E-state index in [4.69, 9.17) is 4.74 Å². The van der Waals surface area contributed by atoms with Crippen molar-refractivity contribution in [1.82, 2.24) is 4.90 Å². The molecule has 0 spiro atoms. The van der Waals surface area contributed by atoms with Gasteiger partial charge in [-0.1, -0.05) is 18.2 Å². The lowest BCUT2D eigenvalue weighted by molar-refractivity contribution is -0.159. The molecule has 1 fully saturated rings. The van der Waals surface area contributed by atoms with Gasteiger partial charge in [0.1, 0.15) is 5.82 Å². The van der Waals surface area contributed by atoms with E-state index in [0.29, 0.717) is 31.7 Å². The highest BCUT2D eigenvalue weighted by Crippen LogP contribution is 2.11. The van der Waals surface area contributed by atoms with Crippen molar-refractivity contribution in [2.75, 3.05) is 33.4 Å². The number of morpholine rings is 1. The van der Waals surface area contributed by atoms with Crippen molar-refractivity contribution < 1.29 is 18.7 Å². The Hall–Kier alpha value is -1.46. The van der Waals surface area contributed by atoms with Crippen LogP contribution in [0, 0.1) is 5.82 Å². The third-order valence-corrected chi connectivity index (χ3v) is 3.27. The molecule has 1 aromatic rings. The van der Waals surface area contributed by atoms with Crippen LogP contribution in [0.25, 0.3) is 0 Å². The van der Waals surface area contributed by atoms with Gasteiger partial charge in [0.05, 0.1) is 13.7 Å². The molecule has 1 aliphatic heterocycles. The number of esters is 1. The first-order valence-corrected chi connectivity index (χ1v) is 6.36. The molecule has 0 aromatic heterocycles. The van der Waals surface area contributed by atoms with Crippen LogP contribution >= 0.6 is 0 Å². The number of halogens is 1. The van der Waals surface area contributed by atoms with Gasteiger partial charge in [-0.3, -0.25) is 4.90 Å². The van der Waals surface area contributed by atoms with Gasteiger partial charge < -0.3 is 9.47 Å². The highest BCUT2D eigenvalue weighted by molar-refractivity contribution is 5.74. The predicted octanol–water partition coefficient (Wildman–Crippen LogP) is 1.24. The van der Waals surface area contributed by atoms with Crippen LogP contribution in [0.3, 0.4) is 0 Å². The molecule has 2 rings (SSSR count). The number of hydrogen-bond donors (Lipinski definition) is 0. The smallest absolute Gasteiger partial charge is 0.336 e. The Bertz CT molecular complexity index is 438. The molecule has 4 nitrogen and oxygen atoms in total. The molecule has 1 heterocycles. The molecule has 5 heteroatoms. The van der Waals surface area contributed by atoms with Crippen molar-refractivity contribution >= 4 is 5.97 Å². The largest absolute Gasteiger partial charge is 0.467 e. The van der Waals surface area contributed by atoms with Crippen LogP contribution in [0.2, 0.25) is 0 Å². The van der Waals surface area contributed by atoms with E-state index in [-0.39, 0.29) is 11.8 Å². The first-order chi connectivity index (χ1) is 9.20. The molecule has 1 atom stereocenters. The zero-order chi connectivity index (χ0) is 13.7. The second-order valence-corrected chi connectivity index (χ2v) is 4.52. The zero-order valence-electron chi connectivity index (χ0n) is 11.0. The van der Waals surface area contributed by atoms with Gasteiger partial charge in [-0.15, -0.1) is 0 Å². The van der Waals surface area contributed by atoms with Crippen LogP contribution in [0.15, 0.2) is 24.3 Å². The van der Waals surface area contributed by atoms with E-state index < -0.39 is 6.10 Å². The fourth-order valence-corrected chi connectivity index (χ4v) is 2.16. The quantitative estimate of drug-likeness (QED) is 0.769. The number of carbonyl (C=O) groups is 1. The molecule has 0 unspecified atom stereocenters. The summed E-state index contributed by atoms with van der Waals surface area (Å²) in [4.78, 5) is 13.5. The van der Waals surface area contributed by atoms with E-state index in [2.05, 4.69) is 9.64 Å². The van der Waals surface area contributed by atoms with Gasteiger partial charge in [0.2, 0.25) is 0 Å². The molecule has 0 amide bonds. The summed E-state index contributed by atoms with van der Waals surface area (Å²) in [5.41, 5.74) is 0.698. The normalized spacial score (nSPS) is 20.2. The molecule has 1 aliphatic rings. The lowest BCUT2D eigenvalue weighted by Crippen LogP contribution is -2.47. The number of ether oxygens (including phenoxy) is 2. The van der Waals surface area contributed by atoms with Crippen LogP contribution in [0.1, 0.15) is 5.56 Å². The summed E-state index contributed by atoms with van der Waals surface area (Å²) in [7, 11) is 1.35. The summed E-state index contributed by atoms with van der Waals surface area (Å²) in [6.45, 7) is 2.46. The zero-order valence-corrected chi connectivity index (χ0v) is 11.0. The summed E-state index contributed by atoms with van der Waals surface area (Å²) >= 11 is 0. The fraction of sp³-hybridized carbons (Fsp3) is 0.500. The monoisotopic (exact) mass is 267 g/mol. The van der Waals surface area contributed by atoms with Crippen LogP contribution in [0.4, 0.5) is 4.39 Å². The van der Waals surface area contributed by atoms with Crippen molar-refractivity contribution in [3.05, 3.63) is 35.6 Å². The topological polar surface area (TPSA) is 38.8 Å². The molecular weight excluding hydrogens is 249 g/mol. The minimum atomic E-state index is -0.528. The average molecular weight is 267 g/mol. The summed E-state index contributed by atoms with van der Waals surface area (Å²) in [5, 5.41) is 0. The molecule has 0 saturated carbocycles. The Balaban J connectivity index is 1.86. The van der Waals surface area contributed by atoms with E-state index in [1.54, 1.807) is 12.1 Å². The van der Waals surface area contributed by atoms with E-state index in [9.17, 15) is 9.18 Å². The molecule has 1 aromatic carbocycles. The lowest BCUT2D eigenvalue weighted by atomic mass is 10.1. The van der Waals surface area contributed by atoms with Crippen molar-refractivity contribution in [2.45, 2.75) is 12.5 Å². The predicted molar refractivity (Wildman–Crippen MR) is 68.3 cm³/mol. The van der Waals surface area contributed by atoms with Gasteiger partial charge in [-0.2, -0.15) is 0 Å². The summed E-state index contributed by atoms with van der Waals surface area (Å²) < 4.78 is 23.5. The molecule has 0 N–H and O–H groups in total. The molecule has 104 valence electrons. The van der Waals surface area contributed by atoms with Crippen LogP contribution in [-0.4, -0.2) is 50.3 Å². The van der Waals surface area contributed by atoms with Gasteiger partial charge in [0.15, 0.2) is 6.10 Å². The Kier molecular flexibility index (Phi) is 4.87. The molecule has 0 bridgehead atoms. The number of methoxy groups -OCH3 is 1. The standard InChI is InChI=1S/C14H18FNO3/c1-18-14(17)13-10-16(8-9-19-13)7-6-11-4-2-3-5-12(11)15/h2-5,13H,6-10H2,1H3/t13-/m0/s1. The minimum absolute atomic E-state index is 0.180. The summed E-state index contributed by atoms with van der Waals surface area (Å²) in [6.07, 6.45) is 0.0972. The Labute approximate surface area is 112 Å². The fourth-order valence-electron chi connectivity index (χ4n) is 2.16. The van der Waals surface area contributed by atoms with E-state index >= 15 is 0 Å². The summed E-state index contributed by atoms with van der Waals surface area (Å²) in [6, 6.07) is 6.76. The van der Waals surface area contributed by atoms with Crippen molar-refractivity contribution in [2.24, 2.45) is 0 Å². The first-order valence-electron chi connectivity index (χ1n) is 6.36. The number of benzene rings is 1. The van der Waals surface area contributed by atoms with E-state index in [1.807, 2.05) is 6.07 Å². The SMILES string of the molecule is COC(=O)[C@@H]1CN(CCc2ccccc2F)CCO1. The average Bonchev–Trinajstić information content (AvgIpc) is 2.46. The van der Waals surface area contributed by atoms with Gasteiger partial charge in [0, 0.05) is 19.6 Å². The highest BCUT2D eigenvalue weighted by atomic mass is 19.1. The molecule has 1 saturated heterocycles. The van der Waals surface area contributed by atoms with Crippen LogP contribution in [-0.2, 0) is 20.7 Å². The molecule has 0 aliphatic carbocycles. The second kappa shape index (κ2) is 6.63. The number of carbonyl (C=O) groups excluding carboxylic acids is 1. The van der Waals surface area contributed by atoms with Gasteiger partial charge in [0.25, 0.3) is 0 Å². The Morgan fingerprint density at radius 1 is 1.53 bits per heavy atom. The third-order valence-electron chi connectivity index (χ3n) is 3.27. The summed E-state index contributed by atoms with van der Waals surface area (Å²) in [5.74, 6) is -0.532.